The van der Waals surface area contributed by atoms with E-state index in [4.69, 9.17) is 0 Å². The molecule has 2 heterocycles. The van der Waals surface area contributed by atoms with Gasteiger partial charge in [-0.25, -0.2) is 0 Å². The summed E-state index contributed by atoms with van der Waals surface area (Å²) < 4.78 is 41.7. The van der Waals surface area contributed by atoms with E-state index in [0.29, 0.717) is 17.3 Å². The summed E-state index contributed by atoms with van der Waals surface area (Å²) in [4.78, 5) is 0. The van der Waals surface area contributed by atoms with E-state index >= 15 is 0 Å². The van der Waals surface area contributed by atoms with E-state index in [1.807, 2.05) is 0 Å². The highest BCUT2D eigenvalue weighted by Gasteiger charge is 2.55. The van der Waals surface area contributed by atoms with Crippen LogP contribution in [-0.2, 0) is 0 Å². The van der Waals surface area contributed by atoms with Crippen molar-refractivity contribution < 1.29 is 21.8 Å². The summed E-state index contributed by atoms with van der Waals surface area (Å²) in [5.74, 6) is 1.91. The molecule has 6 heteroatoms. The van der Waals surface area contributed by atoms with E-state index in [1.54, 1.807) is 0 Å². The maximum absolute atomic E-state index is 9.75. The number of rotatable bonds is 3. The average Bonchev–Trinajstić information content (AvgIpc) is 2.54. The first-order valence-electron chi connectivity index (χ1n) is 10.3. The van der Waals surface area contributed by atoms with Gasteiger partial charge in [0.15, 0.2) is 11.8 Å². The van der Waals surface area contributed by atoms with Gasteiger partial charge in [-0.1, -0.05) is 59.7 Å². The largest absolute Gasteiger partial charge is 0.673 e. The highest BCUT2D eigenvalue weighted by Crippen LogP contribution is 2.52. The summed E-state index contributed by atoms with van der Waals surface area (Å²) in [6.07, 6.45) is 6.55. The second kappa shape index (κ2) is 7.83. The zero-order chi connectivity index (χ0) is 21.5. The maximum atomic E-state index is 9.75. The predicted molar refractivity (Wildman–Crippen MR) is 110 cm³/mol. The van der Waals surface area contributed by atoms with Crippen LogP contribution in [0, 0.1) is 11.3 Å². The van der Waals surface area contributed by atoms with Gasteiger partial charge in [0.1, 0.15) is 0 Å². The number of halogens is 4. The third-order valence-electron chi connectivity index (χ3n) is 6.66. The number of hydrogen-bond donors (Lipinski definition) is 0. The molecule has 0 amide bonds. The summed E-state index contributed by atoms with van der Waals surface area (Å²) >= 11 is 0. The molecule has 28 heavy (non-hydrogen) atoms. The second-order valence-corrected chi connectivity index (χ2v) is 9.70. The van der Waals surface area contributed by atoms with Crippen molar-refractivity contribution in [3.05, 3.63) is 29.3 Å². The molecule has 1 saturated carbocycles. The fourth-order valence-corrected chi connectivity index (χ4v) is 4.77. The molecule has 0 spiro atoms. The lowest BCUT2D eigenvalue weighted by atomic mass is 9.60. The Kier molecular flexibility index (Phi) is 6.42. The highest BCUT2D eigenvalue weighted by atomic mass is 19.5. The maximum Gasteiger partial charge on any atom is 0.673 e. The summed E-state index contributed by atoms with van der Waals surface area (Å²) in [6, 6.07) is 6.94. The van der Waals surface area contributed by atoms with Gasteiger partial charge in [0.25, 0.3) is 0 Å². The molecule has 0 N–H and O–H groups in total. The number of benzene rings is 1. The van der Waals surface area contributed by atoms with Gasteiger partial charge in [0.2, 0.25) is 5.69 Å². The Labute approximate surface area is 167 Å². The van der Waals surface area contributed by atoms with Crippen LogP contribution in [0.15, 0.2) is 18.2 Å². The molecule has 1 aromatic rings. The number of hydrogen-bond acceptors (Lipinski definition) is 0. The van der Waals surface area contributed by atoms with Gasteiger partial charge in [-0.2, -0.15) is 4.58 Å². The van der Waals surface area contributed by atoms with Crippen LogP contribution in [0.25, 0.3) is 0 Å². The Morgan fingerprint density at radius 2 is 1.43 bits per heavy atom. The van der Waals surface area contributed by atoms with E-state index in [2.05, 4.69) is 77.5 Å². The van der Waals surface area contributed by atoms with E-state index < -0.39 is 7.25 Å². The van der Waals surface area contributed by atoms with Crippen LogP contribution in [0.3, 0.4) is 0 Å². The van der Waals surface area contributed by atoms with Crippen molar-refractivity contribution in [3.63, 3.8) is 0 Å². The minimum Gasteiger partial charge on any atom is -0.418 e. The molecule has 158 valence electrons. The van der Waals surface area contributed by atoms with E-state index in [0.717, 1.165) is 5.92 Å². The lowest BCUT2D eigenvalue weighted by Gasteiger charge is -2.48. The molecule has 1 nitrogen and oxygen atoms in total. The smallest absolute Gasteiger partial charge is 0.418 e. The van der Waals surface area contributed by atoms with Crippen molar-refractivity contribution in [1.82, 2.24) is 0 Å². The van der Waals surface area contributed by atoms with Crippen LogP contribution in [0.4, 0.5) is 23.0 Å². The van der Waals surface area contributed by atoms with Crippen LogP contribution in [0.5, 0.6) is 0 Å². The van der Waals surface area contributed by atoms with Gasteiger partial charge < -0.3 is 17.3 Å². The van der Waals surface area contributed by atoms with Crippen molar-refractivity contribution in [2.45, 2.75) is 85.1 Å². The summed E-state index contributed by atoms with van der Waals surface area (Å²) in [6.45, 7) is 16.7. The number of para-hydroxylation sites is 1. The molecule has 1 aromatic carbocycles. The Balaban J connectivity index is 0.000000500. The first-order valence-corrected chi connectivity index (χ1v) is 10.3. The van der Waals surface area contributed by atoms with E-state index in [-0.39, 0.29) is 5.54 Å². The monoisotopic (exact) mass is 399 g/mol. The van der Waals surface area contributed by atoms with Gasteiger partial charge in [0, 0.05) is 36.3 Å². The standard InChI is InChI=1S/C22H34N.BF4/c1-15(2)18-9-8-10-19(16(3)4)20(18)23-14-21(6)11-12-22(23,7)13-17(21)5;2-1(3,4)5/h8-10,14-17H,11-13H2,1-7H3;/q+1;-1/t17-,21-,22+;/m0./s1. The molecular formula is C22H34BF4N. The zero-order valence-electron chi connectivity index (χ0n) is 18.2. The molecule has 0 aromatic heterocycles. The minimum absolute atomic E-state index is 0.284. The van der Waals surface area contributed by atoms with Gasteiger partial charge in [0.05, 0.1) is 0 Å². The number of nitrogens with zero attached hydrogens (tertiary/aromatic N) is 1. The molecule has 3 aliphatic rings. The molecule has 1 fully saturated rings. The summed E-state index contributed by atoms with van der Waals surface area (Å²) in [7, 11) is -6.00. The van der Waals surface area contributed by atoms with Gasteiger partial charge >= 0.3 is 7.25 Å². The zero-order valence-corrected chi connectivity index (χ0v) is 18.2. The molecule has 1 aliphatic carbocycles. The Morgan fingerprint density at radius 3 is 1.82 bits per heavy atom. The lowest BCUT2D eigenvalue weighted by Crippen LogP contribution is -2.55. The molecule has 2 aliphatic heterocycles. The Morgan fingerprint density at radius 1 is 0.964 bits per heavy atom. The van der Waals surface area contributed by atoms with Crippen LogP contribution < -0.4 is 0 Å². The summed E-state index contributed by atoms with van der Waals surface area (Å²) in [5.41, 5.74) is 5.18. The van der Waals surface area contributed by atoms with E-state index in [9.17, 15) is 17.3 Å². The van der Waals surface area contributed by atoms with Crippen molar-refractivity contribution in [2.75, 3.05) is 0 Å². The first kappa shape index (κ1) is 23.0. The lowest BCUT2D eigenvalue weighted by molar-refractivity contribution is -0.552. The van der Waals surface area contributed by atoms with Crippen molar-refractivity contribution in [1.29, 1.82) is 0 Å². The van der Waals surface area contributed by atoms with Crippen LogP contribution >= 0.6 is 0 Å². The fourth-order valence-electron chi connectivity index (χ4n) is 4.77. The number of fused-ring (bicyclic) bond motifs is 2. The quantitative estimate of drug-likeness (QED) is 0.280. The van der Waals surface area contributed by atoms with Crippen LogP contribution in [0.1, 0.15) is 90.7 Å². The molecule has 0 unspecified atom stereocenters. The van der Waals surface area contributed by atoms with E-state index in [1.165, 1.54) is 36.1 Å². The van der Waals surface area contributed by atoms with Crippen molar-refractivity contribution in [3.8, 4) is 0 Å². The van der Waals surface area contributed by atoms with Crippen molar-refractivity contribution in [2.24, 2.45) is 11.3 Å². The minimum atomic E-state index is -6.00. The van der Waals surface area contributed by atoms with Gasteiger partial charge in [-0.05, 0) is 24.2 Å². The van der Waals surface area contributed by atoms with Crippen LogP contribution in [0.2, 0.25) is 0 Å². The first-order chi connectivity index (χ1) is 12.7. The van der Waals surface area contributed by atoms with Gasteiger partial charge in [-0.3, -0.25) is 0 Å². The molecular weight excluding hydrogens is 365 g/mol. The summed E-state index contributed by atoms with van der Waals surface area (Å²) in [5, 5.41) is 0. The fraction of sp³-hybridized carbons (Fsp3) is 0.682. The molecule has 2 bridgehead atoms. The second-order valence-electron chi connectivity index (χ2n) is 9.70. The molecule has 4 rings (SSSR count). The third kappa shape index (κ3) is 4.80. The molecule has 3 atom stereocenters. The normalized spacial score (nSPS) is 29.6. The molecule has 0 saturated heterocycles. The molecule has 0 radical (unpaired) electrons. The SMILES string of the molecule is CC(C)c1cccc(C(C)C)c1[N+]1=C[C@]2(C)CC[C@]1(C)C[C@@H]2C.F[B-](F)(F)F. The predicted octanol–water partition coefficient (Wildman–Crippen LogP) is 7.55. The third-order valence-corrected chi connectivity index (χ3v) is 6.66. The Hall–Kier alpha value is -1.33. The van der Waals surface area contributed by atoms with Gasteiger partial charge in [-0.15, -0.1) is 0 Å². The highest BCUT2D eigenvalue weighted by molar-refractivity contribution is 6.50. The van der Waals surface area contributed by atoms with Crippen molar-refractivity contribution >= 4 is 19.2 Å². The van der Waals surface area contributed by atoms with Crippen LogP contribution in [-0.4, -0.2) is 23.6 Å². The topological polar surface area (TPSA) is 3.01 Å². The Bertz CT molecular complexity index is 708. The average molecular weight is 399 g/mol.